The number of aldehydes is 1. The number of carbonyl (C=O) groups is 1. The molecule has 76 valence electrons. The second kappa shape index (κ2) is 4.43. The largest absolute Gasteiger partial charge is 0.326 e. The van der Waals surface area contributed by atoms with Gasteiger partial charge in [-0.1, -0.05) is 11.6 Å². The summed E-state index contributed by atoms with van der Waals surface area (Å²) in [6, 6.07) is 0. The van der Waals surface area contributed by atoms with Crippen molar-refractivity contribution in [1.82, 2.24) is 4.98 Å². The van der Waals surface area contributed by atoms with E-state index in [0.29, 0.717) is 6.29 Å². The maximum atomic E-state index is 12.5. The maximum Gasteiger partial charge on any atom is 0.265 e. The zero-order chi connectivity index (χ0) is 10.7. The Hall–Kier alpha value is -1.07. The molecule has 0 unspecified atom stereocenters. The Bertz CT molecular complexity index is 357. The second-order valence-electron chi connectivity index (χ2n) is 2.52. The number of alkyl halides is 2. The molecular weight excluding hydrogens is 214 g/mol. The van der Waals surface area contributed by atoms with Crippen molar-refractivity contribution in [2.24, 2.45) is 5.73 Å². The topological polar surface area (TPSA) is 56.0 Å². The molecule has 6 heteroatoms. The van der Waals surface area contributed by atoms with Crippen molar-refractivity contribution in [3.8, 4) is 0 Å². The van der Waals surface area contributed by atoms with Gasteiger partial charge in [-0.15, -0.1) is 0 Å². The van der Waals surface area contributed by atoms with Gasteiger partial charge in [-0.3, -0.25) is 9.78 Å². The molecule has 1 aromatic heterocycles. The van der Waals surface area contributed by atoms with Gasteiger partial charge in [0.2, 0.25) is 0 Å². The minimum Gasteiger partial charge on any atom is -0.326 e. The van der Waals surface area contributed by atoms with E-state index in [2.05, 4.69) is 4.98 Å². The summed E-state index contributed by atoms with van der Waals surface area (Å²) < 4.78 is 25.0. The Morgan fingerprint density at radius 1 is 1.64 bits per heavy atom. The van der Waals surface area contributed by atoms with E-state index in [-0.39, 0.29) is 22.8 Å². The fourth-order valence-electron chi connectivity index (χ4n) is 1.03. The Balaban J connectivity index is 3.38. The molecule has 0 saturated carbocycles. The number of aromatic nitrogens is 1. The fraction of sp³-hybridized carbons (Fsp3) is 0.250. The highest BCUT2D eigenvalue weighted by molar-refractivity contribution is 6.33. The van der Waals surface area contributed by atoms with Crippen LogP contribution < -0.4 is 5.73 Å². The summed E-state index contributed by atoms with van der Waals surface area (Å²) in [7, 11) is 0. The van der Waals surface area contributed by atoms with Crippen molar-refractivity contribution in [3.63, 3.8) is 0 Å². The number of nitrogens with zero attached hydrogens (tertiary/aromatic N) is 1. The number of halogens is 3. The quantitative estimate of drug-likeness (QED) is 0.792. The van der Waals surface area contributed by atoms with Crippen LogP contribution in [0.25, 0.3) is 0 Å². The van der Waals surface area contributed by atoms with Gasteiger partial charge in [0.15, 0.2) is 6.29 Å². The van der Waals surface area contributed by atoms with Crippen molar-refractivity contribution < 1.29 is 13.6 Å². The molecule has 0 fully saturated rings. The number of nitrogens with two attached hydrogens (primary N) is 1. The van der Waals surface area contributed by atoms with Crippen LogP contribution in [0, 0.1) is 0 Å². The molecule has 0 radical (unpaired) electrons. The predicted octanol–water partition coefficient (Wildman–Crippen LogP) is 1.94. The first-order valence-electron chi connectivity index (χ1n) is 3.72. The van der Waals surface area contributed by atoms with Crippen LogP contribution in [0.1, 0.15) is 28.0 Å². The normalized spacial score (nSPS) is 10.6. The number of hydrogen-bond acceptors (Lipinski definition) is 3. The first-order valence-corrected chi connectivity index (χ1v) is 4.10. The average molecular weight is 221 g/mol. The second-order valence-corrected chi connectivity index (χ2v) is 2.90. The summed E-state index contributed by atoms with van der Waals surface area (Å²) in [4.78, 5) is 14.0. The highest BCUT2D eigenvalue weighted by Gasteiger charge is 2.19. The third-order valence-electron chi connectivity index (χ3n) is 1.72. The lowest BCUT2D eigenvalue weighted by atomic mass is 10.1. The van der Waals surface area contributed by atoms with E-state index in [1.165, 1.54) is 0 Å². The van der Waals surface area contributed by atoms with Crippen LogP contribution in [0.5, 0.6) is 0 Å². The molecule has 0 bridgehead atoms. The van der Waals surface area contributed by atoms with Gasteiger partial charge < -0.3 is 5.73 Å². The molecular formula is C8H7ClF2N2O. The van der Waals surface area contributed by atoms with Gasteiger partial charge in [-0.2, -0.15) is 0 Å². The zero-order valence-electron chi connectivity index (χ0n) is 7.01. The number of rotatable bonds is 3. The van der Waals surface area contributed by atoms with E-state index >= 15 is 0 Å². The summed E-state index contributed by atoms with van der Waals surface area (Å²) >= 11 is 5.56. The summed E-state index contributed by atoms with van der Waals surface area (Å²) in [5, 5.41) is -0.321. The molecule has 0 atom stereocenters. The van der Waals surface area contributed by atoms with Crippen LogP contribution >= 0.6 is 11.6 Å². The smallest absolute Gasteiger partial charge is 0.265 e. The molecule has 0 aromatic carbocycles. The summed E-state index contributed by atoms with van der Waals surface area (Å²) in [5.74, 6) is 0. The van der Waals surface area contributed by atoms with Gasteiger partial charge in [0.1, 0.15) is 5.69 Å². The molecule has 1 heterocycles. The highest BCUT2D eigenvalue weighted by atomic mass is 35.5. The van der Waals surface area contributed by atoms with Crippen molar-refractivity contribution >= 4 is 17.9 Å². The average Bonchev–Trinajstić information content (AvgIpc) is 2.16. The maximum absolute atomic E-state index is 12.5. The fourth-order valence-corrected chi connectivity index (χ4v) is 1.33. The lowest BCUT2D eigenvalue weighted by molar-refractivity contribution is 0.111. The molecule has 0 aliphatic carbocycles. The first-order chi connectivity index (χ1) is 6.61. The van der Waals surface area contributed by atoms with E-state index in [0.717, 1.165) is 6.20 Å². The SMILES string of the molecule is NCc1cnc(C=O)c(Cl)c1C(F)F. The van der Waals surface area contributed by atoms with Crippen LogP contribution in [0.15, 0.2) is 6.20 Å². The molecule has 1 aromatic rings. The van der Waals surface area contributed by atoms with Crippen LogP contribution in [0.4, 0.5) is 8.78 Å². The molecule has 0 saturated heterocycles. The molecule has 0 amide bonds. The van der Waals surface area contributed by atoms with Gasteiger partial charge in [0, 0.05) is 18.3 Å². The van der Waals surface area contributed by atoms with Gasteiger partial charge in [-0.05, 0) is 5.56 Å². The summed E-state index contributed by atoms with van der Waals surface area (Å²) in [6.07, 6.45) is -1.30. The lowest BCUT2D eigenvalue weighted by Crippen LogP contribution is -2.06. The van der Waals surface area contributed by atoms with Crippen LogP contribution in [-0.4, -0.2) is 11.3 Å². The standard InChI is InChI=1S/C8H7ClF2N2O/c9-7-5(3-14)13-2-4(1-12)6(7)8(10)11/h2-3,8H,1,12H2. The number of hydrogen-bond donors (Lipinski definition) is 1. The summed E-state index contributed by atoms with van der Waals surface area (Å²) in [6.45, 7) is -0.0917. The van der Waals surface area contributed by atoms with Crippen molar-refractivity contribution in [2.45, 2.75) is 13.0 Å². The highest BCUT2D eigenvalue weighted by Crippen LogP contribution is 2.31. The molecule has 0 spiro atoms. The third-order valence-corrected chi connectivity index (χ3v) is 2.11. The molecule has 0 aliphatic heterocycles. The number of pyridine rings is 1. The predicted molar refractivity (Wildman–Crippen MR) is 47.5 cm³/mol. The van der Waals surface area contributed by atoms with E-state index in [4.69, 9.17) is 17.3 Å². The van der Waals surface area contributed by atoms with E-state index in [1.54, 1.807) is 0 Å². The van der Waals surface area contributed by atoms with Crippen molar-refractivity contribution in [3.05, 3.63) is 28.0 Å². The monoisotopic (exact) mass is 220 g/mol. The minimum atomic E-state index is -2.76. The Morgan fingerprint density at radius 3 is 2.71 bits per heavy atom. The van der Waals surface area contributed by atoms with Gasteiger partial charge in [-0.25, -0.2) is 8.78 Å². The third kappa shape index (κ3) is 1.88. The van der Waals surface area contributed by atoms with Gasteiger partial charge in [0.05, 0.1) is 5.02 Å². The minimum absolute atomic E-state index is 0.0917. The zero-order valence-corrected chi connectivity index (χ0v) is 7.76. The Kier molecular flexibility index (Phi) is 3.49. The van der Waals surface area contributed by atoms with Crippen molar-refractivity contribution in [2.75, 3.05) is 0 Å². The van der Waals surface area contributed by atoms with Crippen LogP contribution in [-0.2, 0) is 6.54 Å². The first kappa shape index (κ1) is 11.0. The molecule has 0 aliphatic rings. The van der Waals surface area contributed by atoms with Gasteiger partial charge in [0.25, 0.3) is 6.43 Å². The van der Waals surface area contributed by atoms with Crippen LogP contribution in [0.3, 0.4) is 0 Å². The van der Waals surface area contributed by atoms with E-state index in [1.807, 2.05) is 0 Å². The number of carbonyl (C=O) groups excluding carboxylic acids is 1. The molecule has 3 nitrogen and oxygen atoms in total. The van der Waals surface area contributed by atoms with E-state index in [9.17, 15) is 13.6 Å². The van der Waals surface area contributed by atoms with Crippen molar-refractivity contribution in [1.29, 1.82) is 0 Å². The lowest BCUT2D eigenvalue weighted by Gasteiger charge is -2.09. The summed E-state index contributed by atoms with van der Waals surface area (Å²) in [5.41, 5.74) is 4.77. The van der Waals surface area contributed by atoms with Gasteiger partial charge >= 0.3 is 0 Å². The molecule has 1 rings (SSSR count). The molecule has 14 heavy (non-hydrogen) atoms. The Morgan fingerprint density at radius 2 is 2.29 bits per heavy atom. The molecule has 2 N–H and O–H groups in total. The van der Waals surface area contributed by atoms with Crippen LogP contribution in [0.2, 0.25) is 5.02 Å². The Labute approximate surface area is 83.9 Å². The van der Waals surface area contributed by atoms with E-state index < -0.39 is 12.0 Å².